The quantitative estimate of drug-likeness (QED) is 0.784. The third kappa shape index (κ3) is 2.83. The van der Waals surface area contributed by atoms with Gasteiger partial charge in [0.1, 0.15) is 0 Å². The average molecular weight is 275 g/mol. The van der Waals surface area contributed by atoms with Gasteiger partial charge in [0.2, 0.25) is 5.95 Å². The summed E-state index contributed by atoms with van der Waals surface area (Å²) in [5.74, 6) is 0.797. The lowest BCUT2D eigenvalue weighted by atomic mass is 9.89. The molecule has 108 valence electrons. The lowest BCUT2D eigenvalue weighted by molar-refractivity contribution is -0.0113. The highest BCUT2D eigenvalue weighted by molar-refractivity contribution is 5.31. The zero-order chi connectivity index (χ0) is 13.8. The summed E-state index contributed by atoms with van der Waals surface area (Å²) in [4.78, 5) is 10.9. The van der Waals surface area contributed by atoms with Crippen LogP contribution >= 0.6 is 0 Å². The summed E-state index contributed by atoms with van der Waals surface area (Å²) < 4.78 is 11.8. The first kappa shape index (κ1) is 13.5. The van der Waals surface area contributed by atoms with Crippen molar-refractivity contribution in [2.75, 3.05) is 31.2 Å². The Morgan fingerprint density at radius 2 is 2.35 bits per heavy atom. The smallest absolute Gasteiger partial charge is 0.225 e. The zero-order valence-electron chi connectivity index (χ0n) is 11.7. The van der Waals surface area contributed by atoms with Crippen molar-refractivity contribution in [3.05, 3.63) is 31.1 Å². The van der Waals surface area contributed by atoms with E-state index in [0.29, 0.717) is 13.2 Å². The molecule has 0 saturated carbocycles. The molecule has 1 aromatic heterocycles. The van der Waals surface area contributed by atoms with Gasteiger partial charge in [0.05, 0.1) is 24.9 Å². The SMILES string of the molecule is C=CCO[C@@H]1CO[C@]2(CCCN(c3ncccn3)C2)C1. The second kappa shape index (κ2) is 5.89. The maximum atomic E-state index is 6.09. The zero-order valence-corrected chi connectivity index (χ0v) is 11.7. The number of hydrogen-bond acceptors (Lipinski definition) is 5. The predicted octanol–water partition coefficient (Wildman–Crippen LogP) is 1.81. The normalized spacial score (nSPS) is 29.8. The molecule has 2 saturated heterocycles. The van der Waals surface area contributed by atoms with Crippen LogP contribution in [0.15, 0.2) is 31.1 Å². The van der Waals surface area contributed by atoms with Crippen LogP contribution in [0.2, 0.25) is 0 Å². The van der Waals surface area contributed by atoms with Crippen LogP contribution in [-0.2, 0) is 9.47 Å². The number of piperidine rings is 1. The fourth-order valence-electron chi connectivity index (χ4n) is 3.12. The number of anilines is 1. The first-order valence-corrected chi connectivity index (χ1v) is 7.20. The van der Waals surface area contributed by atoms with Crippen LogP contribution in [0.5, 0.6) is 0 Å². The monoisotopic (exact) mass is 275 g/mol. The first-order valence-electron chi connectivity index (χ1n) is 7.20. The fourth-order valence-corrected chi connectivity index (χ4v) is 3.12. The summed E-state index contributed by atoms with van der Waals surface area (Å²) in [5, 5.41) is 0. The van der Waals surface area contributed by atoms with E-state index in [2.05, 4.69) is 21.4 Å². The molecule has 5 heteroatoms. The highest BCUT2D eigenvalue weighted by Gasteiger charge is 2.44. The number of aromatic nitrogens is 2. The van der Waals surface area contributed by atoms with Gasteiger partial charge in [-0.25, -0.2) is 9.97 Å². The first-order chi connectivity index (χ1) is 9.81. The lowest BCUT2D eigenvalue weighted by Crippen LogP contribution is -2.48. The minimum Gasteiger partial charge on any atom is -0.372 e. The molecule has 0 aliphatic carbocycles. The van der Waals surface area contributed by atoms with Crippen LogP contribution in [0.1, 0.15) is 19.3 Å². The van der Waals surface area contributed by atoms with Crippen LogP contribution in [0.4, 0.5) is 5.95 Å². The van der Waals surface area contributed by atoms with Gasteiger partial charge in [0, 0.05) is 31.9 Å². The Bertz CT molecular complexity index is 454. The third-order valence-corrected chi connectivity index (χ3v) is 4.00. The molecule has 0 N–H and O–H groups in total. The Labute approximate surface area is 119 Å². The topological polar surface area (TPSA) is 47.5 Å². The molecule has 3 rings (SSSR count). The molecule has 2 atom stereocenters. The number of rotatable bonds is 4. The maximum absolute atomic E-state index is 6.09. The van der Waals surface area contributed by atoms with Crippen molar-refractivity contribution in [3.63, 3.8) is 0 Å². The van der Waals surface area contributed by atoms with Gasteiger partial charge in [0.15, 0.2) is 0 Å². The molecule has 0 aromatic carbocycles. The van der Waals surface area contributed by atoms with Gasteiger partial charge < -0.3 is 14.4 Å². The molecule has 2 aliphatic heterocycles. The van der Waals surface area contributed by atoms with E-state index in [4.69, 9.17) is 9.47 Å². The highest BCUT2D eigenvalue weighted by Crippen LogP contribution is 2.36. The molecule has 2 aliphatic rings. The Morgan fingerprint density at radius 1 is 1.50 bits per heavy atom. The van der Waals surface area contributed by atoms with Crippen LogP contribution in [-0.4, -0.2) is 48.0 Å². The van der Waals surface area contributed by atoms with Crippen molar-refractivity contribution in [2.24, 2.45) is 0 Å². The Kier molecular flexibility index (Phi) is 3.98. The molecule has 0 unspecified atom stereocenters. The van der Waals surface area contributed by atoms with Crippen molar-refractivity contribution in [2.45, 2.75) is 31.0 Å². The molecule has 2 fully saturated rings. The molecular formula is C15H21N3O2. The van der Waals surface area contributed by atoms with E-state index in [1.165, 1.54) is 0 Å². The van der Waals surface area contributed by atoms with Crippen molar-refractivity contribution in [3.8, 4) is 0 Å². The highest BCUT2D eigenvalue weighted by atomic mass is 16.6. The molecule has 0 bridgehead atoms. The maximum Gasteiger partial charge on any atom is 0.225 e. The van der Waals surface area contributed by atoms with E-state index in [0.717, 1.165) is 38.3 Å². The lowest BCUT2D eigenvalue weighted by Gasteiger charge is -2.39. The van der Waals surface area contributed by atoms with Crippen molar-refractivity contribution < 1.29 is 9.47 Å². The molecule has 3 heterocycles. The summed E-state index contributed by atoms with van der Waals surface area (Å²) in [6, 6.07) is 1.84. The fraction of sp³-hybridized carbons (Fsp3) is 0.600. The third-order valence-electron chi connectivity index (χ3n) is 4.00. The second-order valence-electron chi connectivity index (χ2n) is 5.52. The Hall–Kier alpha value is -1.46. The second-order valence-corrected chi connectivity index (χ2v) is 5.52. The van der Waals surface area contributed by atoms with Gasteiger partial charge >= 0.3 is 0 Å². The van der Waals surface area contributed by atoms with Crippen molar-refractivity contribution in [1.29, 1.82) is 0 Å². The number of ether oxygens (including phenoxy) is 2. The van der Waals surface area contributed by atoms with E-state index in [1.54, 1.807) is 18.5 Å². The minimum atomic E-state index is -0.0940. The van der Waals surface area contributed by atoms with Crippen molar-refractivity contribution in [1.82, 2.24) is 9.97 Å². The molecule has 0 radical (unpaired) electrons. The summed E-state index contributed by atoms with van der Waals surface area (Å²) >= 11 is 0. The van der Waals surface area contributed by atoms with Crippen molar-refractivity contribution >= 4 is 5.95 Å². The molecule has 20 heavy (non-hydrogen) atoms. The number of hydrogen-bond donors (Lipinski definition) is 0. The summed E-state index contributed by atoms with van der Waals surface area (Å²) in [6.07, 6.45) is 8.69. The van der Waals surface area contributed by atoms with Crippen LogP contribution < -0.4 is 4.90 Å². The van der Waals surface area contributed by atoms with E-state index in [1.807, 2.05) is 6.07 Å². The molecule has 0 amide bonds. The van der Waals surface area contributed by atoms with Gasteiger partial charge in [-0.15, -0.1) is 6.58 Å². The molecule has 1 spiro atoms. The van der Waals surface area contributed by atoms with Gasteiger partial charge in [0.25, 0.3) is 0 Å². The Balaban J connectivity index is 1.65. The molecule has 1 aromatic rings. The summed E-state index contributed by atoms with van der Waals surface area (Å²) in [6.45, 7) is 6.80. The molecule has 5 nitrogen and oxygen atoms in total. The van der Waals surface area contributed by atoms with Gasteiger partial charge in [-0.1, -0.05) is 6.08 Å². The summed E-state index contributed by atoms with van der Waals surface area (Å²) in [7, 11) is 0. The molecular weight excluding hydrogens is 254 g/mol. The van der Waals surface area contributed by atoms with E-state index in [-0.39, 0.29) is 11.7 Å². The van der Waals surface area contributed by atoms with Gasteiger partial charge in [-0.05, 0) is 18.9 Å². The largest absolute Gasteiger partial charge is 0.372 e. The van der Waals surface area contributed by atoms with Crippen LogP contribution in [0.25, 0.3) is 0 Å². The van der Waals surface area contributed by atoms with Gasteiger partial charge in [-0.3, -0.25) is 0 Å². The Morgan fingerprint density at radius 3 is 3.15 bits per heavy atom. The van der Waals surface area contributed by atoms with Crippen LogP contribution in [0, 0.1) is 0 Å². The van der Waals surface area contributed by atoms with Crippen LogP contribution in [0.3, 0.4) is 0 Å². The van der Waals surface area contributed by atoms with E-state index < -0.39 is 0 Å². The number of nitrogens with zero attached hydrogens (tertiary/aromatic N) is 3. The minimum absolute atomic E-state index is 0.0940. The van der Waals surface area contributed by atoms with E-state index in [9.17, 15) is 0 Å². The predicted molar refractivity (Wildman–Crippen MR) is 76.7 cm³/mol. The van der Waals surface area contributed by atoms with Gasteiger partial charge in [-0.2, -0.15) is 0 Å². The standard InChI is InChI=1S/C15H21N3O2/c1-2-9-19-13-10-15(20-11-13)5-3-8-18(12-15)14-16-6-4-7-17-14/h2,4,6-7,13H,1,3,5,8-12H2/t13-,15+/m0/s1. The average Bonchev–Trinajstić information content (AvgIpc) is 2.89. The summed E-state index contributed by atoms with van der Waals surface area (Å²) in [5.41, 5.74) is -0.0940. The van der Waals surface area contributed by atoms with E-state index >= 15 is 0 Å².